The standard InChI is InChI=1S/C14H26N2O2S/c1-10(2)13(15)14(17)16(11-5-7-19-9-11)8-12-4-3-6-18-12/h10-13H,3-9,15H2,1-2H3/t11?,12?,13-/m0/s1. The summed E-state index contributed by atoms with van der Waals surface area (Å²) in [4.78, 5) is 14.6. The predicted octanol–water partition coefficient (Wildman–Crippen LogP) is 1.48. The molecule has 5 heteroatoms. The van der Waals surface area contributed by atoms with Gasteiger partial charge in [0.2, 0.25) is 5.91 Å². The first kappa shape index (κ1) is 15.1. The van der Waals surface area contributed by atoms with Gasteiger partial charge in [0.1, 0.15) is 0 Å². The van der Waals surface area contributed by atoms with Crippen LogP contribution < -0.4 is 5.73 Å². The van der Waals surface area contributed by atoms with Gasteiger partial charge in [-0.15, -0.1) is 0 Å². The molecule has 0 aliphatic carbocycles. The van der Waals surface area contributed by atoms with Crippen LogP contribution in [0.4, 0.5) is 0 Å². The van der Waals surface area contributed by atoms with Gasteiger partial charge in [0.25, 0.3) is 0 Å². The minimum Gasteiger partial charge on any atom is -0.376 e. The number of rotatable bonds is 5. The van der Waals surface area contributed by atoms with Crippen molar-refractivity contribution in [1.82, 2.24) is 4.90 Å². The average Bonchev–Trinajstić information content (AvgIpc) is 3.06. The molecule has 2 N–H and O–H groups in total. The van der Waals surface area contributed by atoms with Crippen molar-refractivity contribution in [2.45, 2.75) is 51.3 Å². The first-order valence-corrected chi connectivity index (χ1v) is 8.50. The van der Waals surface area contributed by atoms with E-state index >= 15 is 0 Å². The zero-order valence-electron chi connectivity index (χ0n) is 12.0. The Morgan fingerprint density at radius 3 is 2.79 bits per heavy atom. The zero-order valence-corrected chi connectivity index (χ0v) is 12.8. The molecule has 2 aliphatic heterocycles. The van der Waals surface area contributed by atoms with E-state index in [0.29, 0.717) is 6.04 Å². The van der Waals surface area contributed by atoms with Crippen molar-refractivity contribution in [2.24, 2.45) is 11.7 Å². The third kappa shape index (κ3) is 3.86. The number of amides is 1. The number of nitrogens with two attached hydrogens (primary N) is 1. The molecule has 1 amide bonds. The van der Waals surface area contributed by atoms with Crippen molar-refractivity contribution in [3.8, 4) is 0 Å². The van der Waals surface area contributed by atoms with Crippen LogP contribution >= 0.6 is 11.8 Å². The maximum Gasteiger partial charge on any atom is 0.240 e. The molecule has 110 valence electrons. The van der Waals surface area contributed by atoms with Crippen molar-refractivity contribution in [1.29, 1.82) is 0 Å². The third-order valence-electron chi connectivity index (χ3n) is 4.06. The lowest BCUT2D eigenvalue weighted by Crippen LogP contribution is -2.53. The summed E-state index contributed by atoms with van der Waals surface area (Å²) in [7, 11) is 0. The minimum absolute atomic E-state index is 0.109. The molecule has 0 radical (unpaired) electrons. The van der Waals surface area contributed by atoms with Gasteiger partial charge < -0.3 is 15.4 Å². The number of hydrogen-bond acceptors (Lipinski definition) is 4. The molecule has 2 heterocycles. The molecule has 2 aliphatic rings. The molecule has 2 fully saturated rings. The second-order valence-electron chi connectivity index (χ2n) is 5.91. The van der Waals surface area contributed by atoms with Crippen LogP contribution in [-0.4, -0.2) is 53.7 Å². The maximum absolute atomic E-state index is 12.6. The normalized spacial score (nSPS) is 28.8. The number of hydrogen-bond donors (Lipinski definition) is 1. The Labute approximate surface area is 120 Å². The molecular weight excluding hydrogens is 260 g/mol. The molecule has 2 rings (SSSR count). The third-order valence-corrected chi connectivity index (χ3v) is 5.20. The van der Waals surface area contributed by atoms with E-state index in [2.05, 4.69) is 0 Å². The van der Waals surface area contributed by atoms with Crippen molar-refractivity contribution in [3.63, 3.8) is 0 Å². The highest BCUT2D eigenvalue weighted by atomic mass is 32.2. The first-order valence-electron chi connectivity index (χ1n) is 7.35. The maximum atomic E-state index is 12.6. The smallest absolute Gasteiger partial charge is 0.240 e. The SMILES string of the molecule is CC(C)[C@H](N)C(=O)N(CC1CCCO1)C1CCSC1. The lowest BCUT2D eigenvalue weighted by Gasteiger charge is -2.33. The van der Waals surface area contributed by atoms with E-state index in [1.807, 2.05) is 30.5 Å². The Bertz CT molecular complexity index is 300. The highest BCUT2D eigenvalue weighted by molar-refractivity contribution is 7.99. The van der Waals surface area contributed by atoms with Crippen LogP contribution in [0, 0.1) is 5.92 Å². The Morgan fingerprint density at radius 1 is 1.47 bits per heavy atom. The van der Waals surface area contributed by atoms with Gasteiger partial charge in [-0.3, -0.25) is 4.79 Å². The lowest BCUT2D eigenvalue weighted by atomic mass is 10.0. The van der Waals surface area contributed by atoms with Gasteiger partial charge in [-0.2, -0.15) is 11.8 Å². The van der Waals surface area contributed by atoms with Gasteiger partial charge in [0.15, 0.2) is 0 Å². The predicted molar refractivity (Wildman–Crippen MR) is 79.2 cm³/mol. The molecule has 2 unspecified atom stereocenters. The van der Waals surface area contributed by atoms with Crippen molar-refractivity contribution >= 4 is 17.7 Å². The van der Waals surface area contributed by atoms with Crippen LogP contribution in [0.5, 0.6) is 0 Å². The number of carbonyl (C=O) groups excluding carboxylic acids is 1. The molecule has 3 atom stereocenters. The summed E-state index contributed by atoms with van der Waals surface area (Å²) in [5.74, 6) is 2.49. The fraction of sp³-hybridized carbons (Fsp3) is 0.929. The summed E-state index contributed by atoms with van der Waals surface area (Å²) in [5, 5.41) is 0. The molecule has 2 saturated heterocycles. The van der Waals surface area contributed by atoms with Crippen LogP contribution in [0.15, 0.2) is 0 Å². The fourth-order valence-corrected chi connectivity index (χ4v) is 3.90. The van der Waals surface area contributed by atoms with Gasteiger partial charge >= 0.3 is 0 Å². The molecular formula is C14H26N2O2S. The number of ether oxygens (including phenoxy) is 1. The van der Waals surface area contributed by atoms with E-state index < -0.39 is 0 Å². The highest BCUT2D eigenvalue weighted by Gasteiger charge is 2.33. The summed E-state index contributed by atoms with van der Waals surface area (Å²) < 4.78 is 5.69. The van der Waals surface area contributed by atoms with Gasteiger partial charge in [-0.25, -0.2) is 0 Å². The molecule has 0 aromatic carbocycles. The van der Waals surface area contributed by atoms with E-state index in [9.17, 15) is 4.79 Å². The largest absolute Gasteiger partial charge is 0.376 e. The van der Waals surface area contributed by atoms with Crippen LogP contribution in [0.2, 0.25) is 0 Å². The Kier molecular flexibility index (Phi) is 5.54. The minimum atomic E-state index is -0.382. The first-order chi connectivity index (χ1) is 9.09. The van der Waals surface area contributed by atoms with Gasteiger partial charge in [-0.05, 0) is 30.9 Å². The van der Waals surface area contributed by atoms with E-state index in [0.717, 1.165) is 43.9 Å². The second kappa shape index (κ2) is 6.95. The molecule has 4 nitrogen and oxygen atoms in total. The molecule has 19 heavy (non-hydrogen) atoms. The topological polar surface area (TPSA) is 55.6 Å². The average molecular weight is 286 g/mol. The quantitative estimate of drug-likeness (QED) is 0.832. The second-order valence-corrected chi connectivity index (χ2v) is 7.06. The van der Waals surface area contributed by atoms with E-state index in [4.69, 9.17) is 10.5 Å². The van der Waals surface area contributed by atoms with Crippen molar-refractivity contribution in [3.05, 3.63) is 0 Å². The molecule has 0 spiro atoms. The van der Waals surface area contributed by atoms with E-state index in [-0.39, 0.29) is 24.0 Å². The number of thioether (sulfide) groups is 1. The van der Waals surface area contributed by atoms with Crippen LogP contribution in [-0.2, 0) is 9.53 Å². The monoisotopic (exact) mass is 286 g/mol. The summed E-state index contributed by atoms with van der Waals surface area (Å²) in [6.45, 7) is 5.58. The number of carbonyl (C=O) groups is 1. The summed E-state index contributed by atoms with van der Waals surface area (Å²) in [6.07, 6.45) is 3.49. The lowest BCUT2D eigenvalue weighted by molar-refractivity contribution is -0.137. The highest BCUT2D eigenvalue weighted by Crippen LogP contribution is 2.25. The number of nitrogens with zero attached hydrogens (tertiary/aromatic N) is 1. The zero-order chi connectivity index (χ0) is 13.8. The molecule has 0 aromatic rings. The van der Waals surface area contributed by atoms with Crippen LogP contribution in [0.1, 0.15) is 33.1 Å². The summed E-state index contributed by atoms with van der Waals surface area (Å²) in [5.41, 5.74) is 6.06. The van der Waals surface area contributed by atoms with Gasteiger partial charge in [0.05, 0.1) is 12.1 Å². The van der Waals surface area contributed by atoms with Gasteiger partial charge in [0, 0.05) is 24.9 Å². The molecule has 0 bridgehead atoms. The summed E-state index contributed by atoms with van der Waals surface area (Å²) in [6, 6.07) is -0.0292. The van der Waals surface area contributed by atoms with Crippen molar-refractivity contribution in [2.75, 3.05) is 24.7 Å². The summed E-state index contributed by atoms with van der Waals surface area (Å²) >= 11 is 1.93. The molecule has 0 aromatic heterocycles. The Morgan fingerprint density at radius 2 is 2.26 bits per heavy atom. The van der Waals surface area contributed by atoms with E-state index in [1.54, 1.807) is 0 Å². The Balaban J connectivity index is 2.01. The van der Waals surface area contributed by atoms with Gasteiger partial charge in [-0.1, -0.05) is 13.8 Å². The fourth-order valence-electron chi connectivity index (χ4n) is 2.67. The van der Waals surface area contributed by atoms with Crippen LogP contribution in [0.25, 0.3) is 0 Å². The van der Waals surface area contributed by atoms with E-state index in [1.165, 1.54) is 0 Å². The van der Waals surface area contributed by atoms with Crippen LogP contribution in [0.3, 0.4) is 0 Å². The van der Waals surface area contributed by atoms with Crippen molar-refractivity contribution < 1.29 is 9.53 Å². The molecule has 0 saturated carbocycles. The Hall–Kier alpha value is -0.260.